The second-order valence-electron chi connectivity index (χ2n) is 9.09. The lowest BCUT2D eigenvalue weighted by Gasteiger charge is -2.26. The van der Waals surface area contributed by atoms with E-state index in [0.29, 0.717) is 30.2 Å². The lowest BCUT2D eigenvalue weighted by Crippen LogP contribution is -2.35. The Labute approximate surface area is 222 Å². The zero-order chi connectivity index (χ0) is 27.4. The molecular weight excluding hydrogens is 512 g/mol. The molecule has 38 heavy (non-hydrogen) atoms. The Balaban J connectivity index is 1.77. The predicted molar refractivity (Wildman–Crippen MR) is 139 cm³/mol. The fourth-order valence-corrected chi connectivity index (χ4v) is 6.38. The van der Waals surface area contributed by atoms with E-state index in [1.54, 1.807) is 18.2 Å². The lowest BCUT2D eigenvalue weighted by atomic mass is 9.95. The first-order valence-electron chi connectivity index (χ1n) is 12.3. The summed E-state index contributed by atoms with van der Waals surface area (Å²) in [5, 5.41) is 11.3. The fraction of sp³-hybridized carbons (Fsp3) is 0.407. The summed E-state index contributed by atoms with van der Waals surface area (Å²) < 4.78 is 43.4. The molecule has 4 rings (SSSR count). The van der Waals surface area contributed by atoms with E-state index in [-0.39, 0.29) is 29.2 Å². The number of methoxy groups -OCH3 is 3. The maximum Gasteiger partial charge on any atom is 0.295 e. The number of hydrogen-bond acceptors (Lipinski definition) is 8. The first-order valence-corrected chi connectivity index (χ1v) is 13.8. The molecule has 2 aromatic rings. The molecule has 1 amide bonds. The molecule has 2 saturated heterocycles. The van der Waals surface area contributed by atoms with Crippen LogP contribution >= 0.6 is 0 Å². The van der Waals surface area contributed by atoms with Gasteiger partial charge in [0.2, 0.25) is 10.0 Å². The molecule has 0 saturated carbocycles. The van der Waals surface area contributed by atoms with E-state index in [9.17, 15) is 23.1 Å². The average molecular weight is 545 g/mol. The third-order valence-corrected chi connectivity index (χ3v) is 8.79. The molecule has 2 heterocycles. The van der Waals surface area contributed by atoms with E-state index in [4.69, 9.17) is 14.2 Å². The van der Waals surface area contributed by atoms with Crippen LogP contribution in [0, 0.1) is 0 Å². The highest BCUT2D eigenvalue weighted by atomic mass is 32.2. The Morgan fingerprint density at radius 1 is 0.947 bits per heavy atom. The maximum atomic E-state index is 13.2. The van der Waals surface area contributed by atoms with Gasteiger partial charge in [-0.15, -0.1) is 0 Å². The first-order chi connectivity index (χ1) is 18.2. The van der Waals surface area contributed by atoms with Crippen LogP contribution in [0.2, 0.25) is 0 Å². The standard InChI is InChI=1S/C27H32N2O8S/c1-35-16-15-29-24(19-9-12-21(36-2)22(17-19)37-3)23(26(31)27(29)32)25(30)18-7-10-20(11-8-18)38(33,34)28-13-5-4-6-14-28/h7-12,17,24,30H,4-6,13-16H2,1-3H3/b25-23-. The molecule has 1 N–H and O–H groups in total. The number of ether oxygens (including phenoxy) is 3. The summed E-state index contributed by atoms with van der Waals surface area (Å²) in [4.78, 5) is 27.6. The van der Waals surface area contributed by atoms with Gasteiger partial charge in [0.25, 0.3) is 11.7 Å². The number of carbonyl (C=O) groups is 2. The number of likely N-dealkylation sites (tertiary alicyclic amines) is 1. The van der Waals surface area contributed by atoms with Crippen LogP contribution in [-0.4, -0.2) is 82.0 Å². The van der Waals surface area contributed by atoms with Crippen LogP contribution in [0.25, 0.3) is 5.76 Å². The molecule has 0 aromatic heterocycles. The van der Waals surface area contributed by atoms with Gasteiger partial charge < -0.3 is 24.2 Å². The van der Waals surface area contributed by atoms with Crippen molar-refractivity contribution < 1.29 is 37.3 Å². The molecule has 2 aromatic carbocycles. The summed E-state index contributed by atoms with van der Waals surface area (Å²) in [5.74, 6) is -1.15. The Bertz CT molecular complexity index is 1330. The molecule has 0 bridgehead atoms. The van der Waals surface area contributed by atoms with Gasteiger partial charge in [-0.05, 0) is 54.8 Å². The van der Waals surface area contributed by atoms with E-state index in [1.807, 2.05) is 0 Å². The minimum Gasteiger partial charge on any atom is -0.507 e. The first kappa shape index (κ1) is 27.6. The third kappa shape index (κ3) is 5.13. The molecule has 2 aliphatic heterocycles. The quantitative estimate of drug-likeness (QED) is 0.291. The zero-order valence-corrected chi connectivity index (χ0v) is 22.5. The fourth-order valence-electron chi connectivity index (χ4n) is 4.86. The maximum absolute atomic E-state index is 13.2. The average Bonchev–Trinajstić information content (AvgIpc) is 3.20. The van der Waals surface area contributed by atoms with Crippen LogP contribution in [0.1, 0.15) is 36.4 Å². The van der Waals surface area contributed by atoms with Crippen LogP contribution in [0.5, 0.6) is 11.5 Å². The molecule has 1 atom stereocenters. The number of hydrogen-bond donors (Lipinski definition) is 1. The van der Waals surface area contributed by atoms with E-state index < -0.39 is 33.5 Å². The van der Waals surface area contributed by atoms with Crippen LogP contribution in [-0.2, 0) is 24.3 Å². The number of amides is 1. The summed E-state index contributed by atoms with van der Waals surface area (Å²) in [5.41, 5.74) is 0.645. The monoisotopic (exact) mass is 544 g/mol. The molecule has 2 fully saturated rings. The van der Waals surface area contributed by atoms with E-state index in [1.165, 1.54) is 54.8 Å². The van der Waals surface area contributed by atoms with Crippen LogP contribution in [0.15, 0.2) is 52.9 Å². The van der Waals surface area contributed by atoms with Crippen molar-refractivity contribution in [3.8, 4) is 11.5 Å². The summed E-state index contributed by atoms with van der Waals surface area (Å²) >= 11 is 0. The van der Waals surface area contributed by atoms with Gasteiger partial charge >= 0.3 is 0 Å². The zero-order valence-electron chi connectivity index (χ0n) is 21.7. The molecule has 2 aliphatic rings. The van der Waals surface area contributed by atoms with Gasteiger partial charge in [-0.2, -0.15) is 4.31 Å². The van der Waals surface area contributed by atoms with Crippen LogP contribution in [0.4, 0.5) is 0 Å². The van der Waals surface area contributed by atoms with Crippen molar-refractivity contribution in [3.05, 3.63) is 59.2 Å². The number of aliphatic hydroxyl groups excluding tert-OH is 1. The number of sulfonamides is 1. The second kappa shape index (κ2) is 11.5. The van der Waals surface area contributed by atoms with Crippen molar-refractivity contribution in [3.63, 3.8) is 0 Å². The SMILES string of the molecule is COCCN1C(=O)C(=O)/C(=C(\O)c2ccc(S(=O)(=O)N3CCCCC3)cc2)C1c1ccc(OC)c(OC)c1. The highest BCUT2D eigenvalue weighted by molar-refractivity contribution is 7.89. The Hall–Kier alpha value is -3.41. The highest BCUT2D eigenvalue weighted by Gasteiger charge is 2.46. The predicted octanol–water partition coefficient (Wildman–Crippen LogP) is 2.95. The van der Waals surface area contributed by atoms with E-state index >= 15 is 0 Å². The van der Waals surface area contributed by atoms with Gasteiger partial charge in [0.15, 0.2) is 11.5 Å². The number of ketones is 1. The third-order valence-electron chi connectivity index (χ3n) is 6.88. The number of nitrogens with zero attached hydrogens (tertiary/aromatic N) is 2. The van der Waals surface area contributed by atoms with E-state index in [0.717, 1.165) is 19.3 Å². The lowest BCUT2D eigenvalue weighted by molar-refractivity contribution is -0.140. The normalized spacial score (nSPS) is 20.1. The Morgan fingerprint density at radius 3 is 2.21 bits per heavy atom. The number of aliphatic hydroxyl groups is 1. The second-order valence-corrected chi connectivity index (χ2v) is 11.0. The minimum absolute atomic E-state index is 0.105. The molecular formula is C27H32N2O8S. The molecule has 0 aliphatic carbocycles. The molecule has 11 heteroatoms. The summed E-state index contributed by atoms with van der Waals surface area (Å²) in [6.45, 7) is 1.24. The highest BCUT2D eigenvalue weighted by Crippen LogP contribution is 2.42. The number of Topliss-reactive ketones (excluding diaryl/α,β-unsaturated/α-hetero) is 1. The van der Waals surface area contributed by atoms with Crippen LogP contribution < -0.4 is 9.47 Å². The van der Waals surface area contributed by atoms with Gasteiger partial charge in [-0.3, -0.25) is 9.59 Å². The summed E-state index contributed by atoms with van der Waals surface area (Å²) in [6, 6.07) is 9.79. The Kier molecular flexibility index (Phi) is 8.39. The number of benzene rings is 2. The Morgan fingerprint density at radius 2 is 1.61 bits per heavy atom. The van der Waals surface area contributed by atoms with Gasteiger partial charge in [0.05, 0.1) is 37.3 Å². The minimum atomic E-state index is -3.66. The van der Waals surface area contributed by atoms with E-state index in [2.05, 4.69) is 0 Å². The molecule has 10 nitrogen and oxygen atoms in total. The van der Waals surface area contributed by atoms with Crippen LogP contribution in [0.3, 0.4) is 0 Å². The van der Waals surface area contributed by atoms with Gasteiger partial charge in [-0.25, -0.2) is 8.42 Å². The number of piperidine rings is 1. The topological polar surface area (TPSA) is 123 Å². The van der Waals surface area contributed by atoms with Crippen molar-refractivity contribution in [2.45, 2.75) is 30.2 Å². The molecule has 0 radical (unpaired) electrons. The smallest absolute Gasteiger partial charge is 0.295 e. The number of rotatable bonds is 9. The van der Waals surface area contributed by atoms with Gasteiger partial charge in [-0.1, -0.05) is 12.5 Å². The largest absolute Gasteiger partial charge is 0.507 e. The van der Waals surface area contributed by atoms with Crippen molar-refractivity contribution in [1.29, 1.82) is 0 Å². The van der Waals surface area contributed by atoms with Crippen molar-refractivity contribution in [2.24, 2.45) is 0 Å². The molecule has 0 spiro atoms. The molecule has 1 unspecified atom stereocenters. The summed E-state index contributed by atoms with van der Waals surface area (Å²) in [7, 11) is 0.797. The van der Waals surface area contributed by atoms with Gasteiger partial charge in [0.1, 0.15) is 5.76 Å². The summed E-state index contributed by atoms with van der Waals surface area (Å²) in [6.07, 6.45) is 2.64. The van der Waals surface area contributed by atoms with Crippen molar-refractivity contribution in [1.82, 2.24) is 9.21 Å². The number of carbonyl (C=O) groups excluding carboxylic acids is 2. The van der Waals surface area contributed by atoms with Gasteiger partial charge in [0, 0.05) is 32.3 Å². The molecule has 204 valence electrons. The van der Waals surface area contributed by atoms with Crippen molar-refractivity contribution >= 4 is 27.5 Å². The van der Waals surface area contributed by atoms with Crippen molar-refractivity contribution in [2.75, 3.05) is 47.6 Å².